The van der Waals surface area contributed by atoms with Gasteiger partial charge in [0.1, 0.15) is 11.1 Å². The number of benzene rings is 4. The van der Waals surface area contributed by atoms with Gasteiger partial charge in [0.05, 0.1) is 16.6 Å². The van der Waals surface area contributed by atoms with Gasteiger partial charge >= 0.3 is 0 Å². The molecule has 0 aliphatic heterocycles. The van der Waals surface area contributed by atoms with Gasteiger partial charge in [0.2, 0.25) is 5.91 Å². The largest absolute Gasteiger partial charge is 0.325 e. The molecule has 0 fully saturated rings. The molecule has 1 N–H and O–H groups in total. The number of fused-ring (bicyclic) bond motifs is 1. The fourth-order valence-electron chi connectivity index (χ4n) is 4.27. The number of amides is 1. The average Bonchev–Trinajstić information content (AvgIpc) is 2.88. The van der Waals surface area contributed by atoms with Gasteiger partial charge in [-0.25, -0.2) is 9.37 Å². The van der Waals surface area contributed by atoms with Crippen molar-refractivity contribution in [3.63, 3.8) is 0 Å². The van der Waals surface area contributed by atoms with Crippen LogP contribution in [0.3, 0.4) is 0 Å². The fourth-order valence-corrected chi connectivity index (χ4v) is 5.38. The zero-order valence-corrected chi connectivity index (χ0v) is 21.1. The van der Waals surface area contributed by atoms with Crippen molar-refractivity contribution >= 4 is 34.3 Å². The van der Waals surface area contributed by atoms with E-state index >= 15 is 0 Å². The second-order valence-corrected chi connectivity index (χ2v) is 9.87. The Morgan fingerprint density at radius 3 is 2.24 bits per heavy atom. The summed E-state index contributed by atoms with van der Waals surface area (Å²) in [6.45, 7) is 3.96. The van der Waals surface area contributed by atoms with E-state index in [0.717, 1.165) is 16.7 Å². The van der Waals surface area contributed by atoms with E-state index in [1.807, 2.05) is 68.4 Å². The van der Waals surface area contributed by atoms with E-state index in [9.17, 15) is 14.0 Å². The molecule has 37 heavy (non-hydrogen) atoms. The zero-order valence-electron chi connectivity index (χ0n) is 20.3. The highest BCUT2D eigenvalue weighted by Crippen LogP contribution is 2.36. The van der Waals surface area contributed by atoms with Gasteiger partial charge < -0.3 is 5.32 Å². The maximum atomic E-state index is 13.7. The Morgan fingerprint density at radius 1 is 0.892 bits per heavy atom. The van der Waals surface area contributed by atoms with E-state index in [0.29, 0.717) is 27.4 Å². The lowest BCUT2D eigenvalue weighted by Crippen LogP contribution is -2.24. The number of para-hydroxylation sites is 1. The smallest absolute Gasteiger partial charge is 0.266 e. The number of nitrogens with one attached hydrogen (secondary N) is 1. The standard InChI is InChI=1S/C30H24FN3O2S/c1-19-16-20(2)18-23(17-19)32-28(35)27(21-8-4-3-5-9-21)37-30-33-26-11-7-6-10-25(26)29(36)34(30)24-14-12-22(31)13-15-24/h3-18,27H,1-2H3,(H,32,35)/t27-/m0/s1. The fraction of sp³-hybridized carbons (Fsp3) is 0.100. The summed E-state index contributed by atoms with van der Waals surface area (Å²) in [7, 11) is 0. The van der Waals surface area contributed by atoms with Crippen LogP contribution in [0.4, 0.5) is 10.1 Å². The maximum Gasteiger partial charge on any atom is 0.266 e. The predicted molar refractivity (Wildman–Crippen MR) is 147 cm³/mol. The monoisotopic (exact) mass is 509 g/mol. The third-order valence-electron chi connectivity index (χ3n) is 5.88. The number of rotatable bonds is 6. The molecule has 0 unspecified atom stereocenters. The first kappa shape index (κ1) is 24.5. The van der Waals surface area contributed by atoms with E-state index in [1.54, 1.807) is 18.2 Å². The van der Waals surface area contributed by atoms with E-state index in [2.05, 4.69) is 5.32 Å². The van der Waals surface area contributed by atoms with E-state index < -0.39 is 11.1 Å². The molecule has 184 valence electrons. The molecule has 7 heteroatoms. The summed E-state index contributed by atoms with van der Waals surface area (Å²) in [5.74, 6) is -0.649. The second-order valence-electron chi connectivity index (χ2n) is 8.80. The van der Waals surface area contributed by atoms with Crippen molar-refractivity contribution in [3.8, 4) is 5.69 Å². The quantitative estimate of drug-likeness (QED) is 0.207. The molecule has 1 amide bonds. The normalized spacial score (nSPS) is 11.9. The third-order valence-corrected chi connectivity index (χ3v) is 7.09. The van der Waals surface area contributed by atoms with Crippen LogP contribution < -0.4 is 10.9 Å². The van der Waals surface area contributed by atoms with Crippen molar-refractivity contribution in [2.45, 2.75) is 24.3 Å². The highest BCUT2D eigenvalue weighted by molar-refractivity contribution is 8.00. The number of nitrogens with zero attached hydrogens (tertiary/aromatic N) is 2. The molecule has 4 aromatic carbocycles. The number of halogens is 1. The van der Waals surface area contributed by atoms with Crippen LogP contribution in [0.1, 0.15) is 21.9 Å². The summed E-state index contributed by atoms with van der Waals surface area (Å²) in [4.78, 5) is 32.1. The summed E-state index contributed by atoms with van der Waals surface area (Å²) in [5.41, 5.74) is 4.25. The molecule has 5 nitrogen and oxygen atoms in total. The molecule has 1 aromatic heterocycles. The lowest BCUT2D eigenvalue weighted by atomic mass is 10.1. The second kappa shape index (κ2) is 10.4. The zero-order chi connectivity index (χ0) is 25.9. The predicted octanol–water partition coefficient (Wildman–Crippen LogP) is 6.61. The minimum absolute atomic E-state index is 0.241. The van der Waals surface area contributed by atoms with Crippen LogP contribution in [-0.4, -0.2) is 15.5 Å². The molecule has 0 bridgehead atoms. The molecule has 0 spiro atoms. The van der Waals surface area contributed by atoms with Crippen molar-refractivity contribution in [2.75, 3.05) is 5.32 Å². The van der Waals surface area contributed by atoms with Crippen LogP contribution in [0.25, 0.3) is 16.6 Å². The van der Waals surface area contributed by atoms with Gasteiger partial charge in [-0.05, 0) is 79.1 Å². The molecule has 1 heterocycles. The number of thioether (sulfide) groups is 1. The molecule has 0 aliphatic rings. The van der Waals surface area contributed by atoms with Crippen molar-refractivity contribution in [1.29, 1.82) is 0 Å². The van der Waals surface area contributed by atoms with Crippen LogP contribution in [0.2, 0.25) is 0 Å². The summed E-state index contributed by atoms with van der Waals surface area (Å²) in [6.07, 6.45) is 0. The lowest BCUT2D eigenvalue weighted by molar-refractivity contribution is -0.115. The van der Waals surface area contributed by atoms with Crippen LogP contribution in [0.15, 0.2) is 107 Å². The van der Waals surface area contributed by atoms with Crippen LogP contribution in [0, 0.1) is 19.7 Å². The first-order chi connectivity index (χ1) is 17.9. The molecule has 0 saturated heterocycles. The molecule has 5 rings (SSSR count). The maximum absolute atomic E-state index is 13.7. The minimum atomic E-state index is -0.707. The minimum Gasteiger partial charge on any atom is -0.325 e. The molecular weight excluding hydrogens is 485 g/mol. The van der Waals surface area contributed by atoms with Crippen LogP contribution in [-0.2, 0) is 4.79 Å². The Hall–Kier alpha value is -4.23. The summed E-state index contributed by atoms with van der Waals surface area (Å²) in [5, 5.41) is 3.10. The van der Waals surface area contributed by atoms with Gasteiger partial charge in [-0.3, -0.25) is 14.2 Å². The Morgan fingerprint density at radius 2 is 1.54 bits per heavy atom. The number of carbonyl (C=O) groups excluding carboxylic acids is 1. The van der Waals surface area contributed by atoms with Crippen molar-refractivity contribution in [1.82, 2.24) is 9.55 Å². The molecule has 0 radical (unpaired) electrons. The summed E-state index contributed by atoms with van der Waals surface area (Å²) < 4.78 is 15.1. The number of carbonyl (C=O) groups is 1. The first-order valence-electron chi connectivity index (χ1n) is 11.8. The molecule has 0 aliphatic carbocycles. The van der Waals surface area contributed by atoms with Gasteiger partial charge in [0.15, 0.2) is 5.16 Å². The highest BCUT2D eigenvalue weighted by atomic mass is 32.2. The Bertz CT molecular complexity index is 1630. The van der Waals surface area contributed by atoms with E-state index in [-0.39, 0.29) is 11.5 Å². The summed E-state index contributed by atoms with van der Waals surface area (Å²) >= 11 is 1.18. The Balaban J connectivity index is 1.63. The number of hydrogen-bond acceptors (Lipinski definition) is 4. The Kier molecular flexibility index (Phi) is 6.88. The number of aromatic nitrogens is 2. The topological polar surface area (TPSA) is 64.0 Å². The molecule has 1 atom stereocenters. The SMILES string of the molecule is Cc1cc(C)cc(NC(=O)[C@@H](Sc2nc3ccccc3c(=O)n2-c2ccc(F)cc2)c2ccccc2)c1. The van der Waals surface area contributed by atoms with Gasteiger partial charge in [-0.15, -0.1) is 0 Å². The van der Waals surface area contributed by atoms with Crippen molar-refractivity contribution in [3.05, 3.63) is 130 Å². The van der Waals surface area contributed by atoms with Crippen molar-refractivity contribution < 1.29 is 9.18 Å². The Labute approximate surface area is 218 Å². The number of hydrogen-bond donors (Lipinski definition) is 1. The van der Waals surface area contributed by atoms with Gasteiger partial charge in [-0.2, -0.15) is 0 Å². The molecular formula is C30H24FN3O2S. The molecule has 5 aromatic rings. The lowest BCUT2D eigenvalue weighted by Gasteiger charge is -2.20. The van der Waals surface area contributed by atoms with Gasteiger partial charge in [0, 0.05) is 5.69 Å². The molecule has 0 saturated carbocycles. The first-order valence-corrected chi connectivity index (χ1v) is 12.7. The number of anilines is 1. The van der Waals surface area contributed by atoms with E-state index in [1.165, 1.54) is 40.6 Å². The van der Waals surface area contributed by atoms with Crippen LogP contribution in [0.5, 0.6) is 0 Å². The average molecular weight is 510 g/mol. The van der Waals surface area contributed by atoms with E-state index in [4.69, 9.17) is 4.98 Å². The highest BCUT2D eigenvalue weighted by Gasteiger charge is 2.26. The third kappa shape index (κ3) is 5.32. The van der Waals surface area contributed by atoms with Gasteiger partial charge in [0.25, 0.3) is 5.56 Å². The number of aryl methyl sites for hydroxylation is 2. The van der Waals surface area contributed by atoms with Crippen LogP contribution >= 0.6 is 11.8 Å². The van der Waals surface area contributed by atoms with Gasteiger partial charge in [-0.1, -0.05) is 60.3 Å². The van der Waals surface area contributed by atoms with Crippen molar-refractivity contribution in [2.24, 2.45) is 0 Å². The summed E-state index contributed by atoms with van der Waals surface area (Å²) in [6, 6.07) is 28.0.